The van der Waals surface area contributed by atoms with Crippen LogP contribution in [0, 0.1) is 0 Å². The predicted octanol–water partition coefficient (Wildman–Crippen LogP) is 4.39. The molecule has 162 valence electrons. The van der Waals surface area contributed by atoms with Gasteiger partial charge in [0, 0.05) is 11.1 Å². The first-order valence-electron chi connectivity index (χ1n) is 9.88. The van der Waals surface area contributed by atoms with Crippen molar-refractivity contribution >= 4 is 49.7 Å². The summed E-state index contributed by atoms with van der Waals surface area (Å²) >= 11 is 6.19. The van der Waals surface area contributed by atoms with Gasteiger partial charge >= 0.3 is 0 Å². The number of benzene rings is 3. The van der Waals surface area contributed by atoms with E-state index in [0.29, 0.717) is 11.4 Å². The fourth-order valence-electron chi connectivity index (χ4n) is 4.19. The summed E-state index contributed by atoms with van der Waals surface area (Å²) in [5, 5.41) is 5.32. The number of methoxy groups -OCH3 is 1. The van der Waals surface area contributed by atoms with Gasteiger partial charge in [-0.05, 0) is 60.5 Å². The van der Waals surface area contributed by atoms with E-state index in [1.54, 1.807) is 19.1 Å². The molecule has 3 aromatic carbocycles. The molecule has 0 bridgehead atoms. The normalized spacial score (nSPS) is 13.8. The summed E-state index contributed by atoms with van der Waals surface area (Å²) in [5.41, 5.74) is 3.49. The molecular formula is C23H23ClN2O4S. The zero-order valence-corrected chi connectivity index (χ0v) is 19.0. The van der Waals surface area contributed by atoms with Gasteiger partial charge in [-0.2, -0.15) is 0 Å². The van der Waals surface area contributed by atoms with Crippen LogP contribution in [0.15, 0.2) is 48.5 Å². The van der Waals surface area contributed by atoms with Gasteiger partial charge in [0.05, 0.1) is 24.1 Å². The minimum Gasteiger partial charge on any atom is -0.495 e. The van der Waals surface area contributed by atoms with E-state index < -0.39 is 22.0 Å². The number of carbonyl (C=O) groups is 1. The molecular weight excluding hydrogens is 436 g/mol. The second-order valence-corrected chi connectivity index (χ2v) is 9.92. The zero-order valence-electron chi connectivity index (χ0n) is 17.5. The molecule has 0 unspecified atom stereocenters. The number of anilines is 2. The highest BCUT2D eigenvalue weighted by molar-refractivity contribution is 7.92. The molecule has 1 N–H and O–H groups in total. The third kappa shape index (κ3) is 3.95. The van der Waals surface area contributed by atoms with Crippen LogP contribution in [0.4, 0.5) is 11.4 Å². The first-order chi connectivity index (χ1) is 14.7. The summed E-state index contributed by atoms with van der Waals surface area (Å²) in [5.74, 6) is -0.0140. The largest absolute Gasteiger partial charge is 0.495 e. The SMILES string of the molecule is COc1ccc(N([C@H](C)C(=O)Nc2ccc3c4c(cccc24)CC3)S(C)(=O)=O)cc1Cl. The van der Waals surface area contributed by atoms with Gasteiger partial charge in [-0.1, -0.05) is 35.9 Å². The van der Waals surface area contributed by atoms with Gasteiger partial charge in [-0.3, -0.25) is 9.10 Å². The van der Waals surface area contributed by atoms with Crippen molar-refractivity contribution in [1.82, 2.24) is 0 Å². The number of nitrogens with zero attached hydrogens (tertiary/aromatic N) is 1. The van der Waals surface area contributed by atoms with Crippen LogP contribution in [-0.2, 0) is 27.7 Å². The Hall–Kier alpha value is -2.77. The average molecular weight is 459 g/mol. The number of carbonyl (C=O) groups excluding carboxylic acids is 1. The Morgan fingerprint density at radius 1 is 1.13 bits per heavy atom. The summed E-state index contributed by atoms with van der Waals surface area (Å²) in [6.07, 6.45) is 3.04. The van der Waals surface area contributed by atoms with Crippen LogP contribution in [-0.4, -0.2) is 33.7 Å². The number of rotatable bonds is 6. The lowest BCUT2D eigenvalue weighted by atomic mass is 10.0. The minimum absolute atomic E-state index is 0.258. The highest BCUT2D eigenvalue weighted by atomic mass is 35.5. The Labute approximate surface area is 186 Å². The number of hydrogen-bond acceptors (Lipinski definition) is 4. The maximum absolute atomic E-state index is 13.1. The molecule has 8 heteroatoms. The Morgan fingerprint density at radius 3 is 2.48 bits per heavy atom. The van der Waals surface area contributed by atoms with Gasteiger partial charge in [-0.25, -0.2) is 8.42 Å². The van der Waals surface area contributed by atoms with E-state index in [1.807, 2.05) is 24.3 Å². The van der Waals surface area contributed by atoms with Gasteiger partial charge < -0.3 is 10.1 Å². The molecule has 4 rings (SSSR count). The monoisotopic (exact) mass is 458 g/mol. The predicted molar refractivity (Wildman–Crippen MR) is 125 cm³/mol. The molecule has 0 radical (unpaired) electrons. The Kier molecular flexibility index (Phi) is 5.58. The molecule has 0 saturated heterocycles. The number of amides is 1. The number of ether oxygens (including phenoxy) is 1. The molecule has 0 aromatic heterocycles. The standard InChI is InChI=1S/C23H23ClN2O4S/c1-14(26(31(3,28)29)17-10-12-21(30-2)19(24)13-17)23(27)25-20-11-9-16-8-7-15-5-4-6-18(20)22(15)16/h4-6,9-14H,7-8H2,1-3H3,(H,25,27)/t14-/m1/s1. The lowest BCUT2D eigenvalue weighted by Gasteiger charge is -2.28. The first kappa shape index (κ1) is 21.5. The molecule has 1 amide bonds. The van der Waals surface area contributed by atoms with Gasteiger partial charge in [0.2, 0.25) is 15.9 Å². The van der Waals surface area contributed by atoms with Crippen molar-refractivity contribution in [2.24, 2.45) is 0 Å². The summed E-state index contributed by atoms with van der Waals surface area (Å²) in [7, 11) is -2.29. The van der Waals surface area contributed by atoms with Gasteiger partial charge in [0.1, 0.15) is 11.8 Å². The van der Waals surface area contributed by atoms with Crippen LogP contribution in [0.1, 0.15) is 18.1 Å². The number of nitrogens with one attached hydrogen (secondary N) is 1. The van der Waals surface area contributed by atoms with Gasteiger partial charge in [0.25, 0.3) is 0 Å². The number of hydrogen-bond donors (Lipinski definition) is 1. The first-order valence-corrected chi connectivity index (χ1v) is 12.1. The lowest BCUT2D eigenvalue weighted by Crippen LogP contribution is -2.45. The Morgan fingerprint density at radius 2 is 1.84 bits per heavy atom. The van der Waals surface area contributed by atoms with Gasteiger partial charge in [0.15, 0.2) is 0 Å². The van der Waals surface area contributed by atoms with Gasteiger partial charge in [-0.15, -0.1) is 0 Å². The van der Waals surface area contributed by atoms with Crippen molar-refractivity contribution in [3.63, 3.8) is 0 Å². The molecule has 1 aliphatic rings. The smallest absolute Gasteiger partial charge is 0.248 e. The van der Waals surface area contributed by atoms with Crippen molar-refractivity contribution < 1.29 is 17.9 Å². The number of sulfonamides is 1. The molecule has 0 aliphatic heterocycles. The van der Waals surface area contributed by atoms with Crippen LogP contribution in [0.2, 0.25) is 5.02 Å². The number of halogens is 1. The van der Waals surface area contributed by atoms with Crippen molar-refractivity contribution in [2.45, 2.75) is 25.8 Å². The van der Waals surface area contributed by atoms with Crippen molar-refractivity contribution in [3.05, 3.63) is 64.7 Å². The van der Waals surface area contributed by atoms with Crippen molar-refractivity contribution in [2.75, 3.05) is 23.0 Å². The van der Waals surface area contributed by atoms with E-state index in [4.69, 9.17) is 16.3 Å². The summed E-state index contributed by atoms with van der Waals surface area (Å²) in [6.45, 7) is 1.55. The fourth-order valence-corrected chi connectivity index (χ4v) is 5.61. The van der Waals surface area contributed by atoms with Crippen LogP contribution in [0.3, 0.4) is 0 Å². The average Bonchev–Trinajstić information content (AvgIpc) is 3.14. The highest BCUT2D eigenvalue weighted by Gasteiger charge is 2.30. The molecule has 0 spiro atoms. The van der Waals surface area contributed by atoms with Crippen molar-refractivity contribution in [1.29, 1.82) is 0 Å². The summed E-state index contributed by atoms with van der Waals surface area (Å²) < 4.78 is 31.4. The molecule has 0 heterocycles. The molecule has 1 atom stereocenters. The van der Waals surface area contributed by atoms with Crippen LogP contribution in [0.5, 0.6) is 5.75 Å². The molecule has 31 heavy (non-hydrogen) atoms. The molecule has 3 aromatic rings. The van der Waals surface area contributed by atoms with E-state index in [0.717, 1.165) is 28.8 Å². The van der Waals surface area contributed by atoms with Crippen molar-refractivity contribution in [3.8, 4) is 5.75 Å². The van der Waals surface area contributed by atoms with Crippen LogP contribution < -0.4 is 14.4 Å². The third-order valence-corrected chi connectivity index (χ3v) is 7.15. The lowest BCUT2D eigenvalue weighted by molar-refractivity contribution is -0.116. The van der Waals surface area contributed by atoms with Crippen LogP contribution >= 0.6 is 11.6 Å². The molecule has 6 nitrogen and oxygen atoms in total. The Bertz CT molecular complexity index is 1280. The topological polar surface area (TPSA) is 75.7 Å². The number of aryl methyl sites for hydroxylation is 2. The quantitative estimate of drug-likeness (QED) is 0.594. The maximum Gasteiger partial charge on any atom is 0.248 e. The second kappa shape index (κ2) is 8.05. The molecule has 0 saturated carbocycles. The van der Waals surface area contributed by atoms with E-state index in [-0.39, 0.29) is 10.7 Å². The molecule has 0 fully saturated rings. The minimum atomic E-state index is -3.76. The van der Waals surface area contributed by atoms with E-state index >= 15 is 0 Å². The zero-order chi connectivity index (χ0) is 22.3. The van der Waals surface area contributed by atoms with E-state index in [9.17, 15) is 13.2 Å². The summed E-state index contributed by atoms with van der Waals surface area (Å²) in [4.78, 5) is 13.1. The highest BCUT2D eigenvalue weighted by Crippen LogP contribution is 2.35. The van der Waals surface area contributed by atoms with E-state index in [2.05, 4.69) is 11.4 Å². The fraction of sp³-hybridized carbons (Fsp3) is 0.261. The summed E-state index contributed by atoms with van der Waals surface area (Å²) in [6, 6.07) is 13.6. The van der Waals surface area contributed by atoms with Crippen LogP contribution in [0.25, 0.3) is 10.8 Å². The third-order valence-electron chi connectivity index (χ3n) is 5.61. The second-order valence-electron chi connectivity index (χ2n) is 7.65. The Balaban J connectivity index is 1.68. The molecule has 1 aliphatic carbocycles. The maximum atomic E-state index is 13.1. The van der Waals surface area contributed by atoms with E-state index in [1.165, 1.54) is 29.7 Å².